The first-order chi connectivity index (χ1) is 22.4. The molecule has 0 saturated carbocycles. The van der Waals surface area contributed by atoms with Crippen LogP contribution in [0.1, 0.15) is 40.0 Å². The molecule has 1 atom stereocenters. The molecule has 0 spiro atoms. The molecule has 46 heavy (non-hydrogen) atoms. The number of hydrogen-bond donors (Lipinski definition) is 4. The number of hydrogen-bond acceptors (Lipinski definition) is 9. The molecule has 0 aliphatic carbocycles. The summed E-state index contributed by atoms with van der Waals surface area (Å²) in [6.07, 6.45) is 4.78. The van der Waals surface area contributed by atoms with Crippen LogP contribution in [-0.2, 0) is 22.6 Å². The number of amides is 2. The topological polar surface area (TPSA) is 139 Å². The highest BCUT2D eigenvalue weighted by Gasteiger charge is 2.21. The maximum atomic E-state index is 13.1. The average Bonchev–Trinajstić information content (AvgIpc) is 3.49. The van der Waals surface area contributed by atoms with Crippen LogP contribution in [0, 0.1) is 6.92 Å². The first-order valence-electron chi connectivity index (χ1n) is 15.1. The lowest BCUT2D eigenvalue weighted by molar-refractivity contribution is -0.119. The van der Waals surface area contributed by atoms with Crippen LogP contribution in [0.25, 0.3) is 22.5 Å². The van der Waals surface area contributed by atoms with Gasteiger partial charge >= 0.3 is 0 Å². The summed E-state index contributed by atoms with van der Waals surface area (Å²) in [5.74, 6) is 0.266. The molecule has 1 saturated heterocycles. The van der Waals surface area contributed by atoms with E-state index in [1.807, 2.05) is 49.4 Å². The van der Waals surface area contributed by atoms with Crippen molar-refractivity contribution >= 4 is 29.1 Å². The van der Waals surface area contributed by atoms with E-state index < -0.39 is 0 Å². The lowest BCUT2D eigenvalue weighted by Crippen LogP contribution is -2.35. The van der Waals surface area contributed by atoms with E-state index in [9.17, 15) is 9.59 Å². The summed E-state index contributed by atoms with van der Waals surface area (Å²) >= 11 is 6.98. The maximum absolute atomic E-state index is 13.1. The number of rotatable bonds is 14. The maximum Gasteiger partial charge on any atom is 0.274 e. The quantitative estimate of drug-likeness (QED) is 0.146. The van der Waals surface area contributed by atoms with Gasteiger partial charge in [-0.05, 0) is 48.7 Å². The van der Waals surface area contributed by atoms with Crippen molar-refractivity contribution in [1.29, 1.82) is 0 Å². The minimum atomic E-state index is -0.314. The second-order valence-electron chi connectivity index (χ2n) is 11.0. The second-order valence-corrected chi connectivity index (χ2v) is 11.4. The van der Waals surface area contributed by atoms with Crippen LogP contribution < -0.4 is 26.0 Å². The Kier molecular flexibility index (Phi) is 11.3. The number of carbonyl (C=O) groups excluding carboxylic acids is 2. The summed E-state index contributed by atoms with van der Waals surface area (Å²) in [7, 11) is 3.24. The minimum Gasteiger partial charge on any atom is -0.481 e. The van der Waals surface area contributed by atoms with E-state index in [0.29, 0.717) is 71.9 Å². The fraction of sp³-hybridized carbons (Fsp3) is 0.324. The summed E-state index contributed by atoms with van der Waals surface area (Å²) in [5.41, 5.74) is 6.31. The molecular formula is C34H38ClN7O4. The predicted molar refractivity (Wildman–Crippen MR) is 178 cm³/mol. The van der Waals surface area contributed by atoms with Crippen LogP contribution in [0.15, 0.2) is 60.9 Å². The van der Waals surface area contributed by atoms with Gasteiger partial charge in [-0.3, -0.25) is 19.6 Å². The van der Waals surface area contributed by atoms with Crippen LogP contribution in [-0.4, -0.2) is 66.7 Å². The van der Waals surface area contributed by atoms with E-state index in [4.69, 9.17) is 26.1 Å². The number of pyridine rings is 3. The van der Waals surface area contributed by atoms with Gasteiger partial charge in [0, 0.05) is 80.5 Å². The monoisotopic (exact) mass is 643 g/mol. The molecule has 1 fully saturated rings. The van der Waals surface area contributed by atoms with Crippen LogP contribution in [0.2, 0.25) is 5.02 Å². The van der Waals surface area contributed by atoms with Gasteiger partial charge in [-0.2, -0.15) is 0 Å². The second kappa shape index (κ2) is 15.7. The van der Waals surface area contributed by atoms with Crippen molar-refractivity contribution in [3.05, 3.63) is 88.3 Å². The highest BCUT2D eigenvalue weighted by atomic mass is 35.5. The number of nitrogens with one attached hydrogen (secondary N) is 4. The van der Waals surface area contributed by atoms with Gasteiger partial charge in [0.2, 0.25) is 11.8 Å². The van der Waals surface area contributed by atoms with E-state index in [1.165, 1.54) is 0 Å². The zero-order chi connectivity index (χ0) is 32.5. The summed E-state index contributed by atoms with van der Waals surface area (Å²) < 4.78 is 10.7. The van der Waals surface area contributed by atoms with Crippen LogP contribution in [0.4, 0.5) is 5.69 Å². The Morgan fingerprint density at radius 3 is 2.65 bits per heavy atom. The molecule has 0 radical (unpaired) electrons. The lowest BCUT2D eigenvalue weighted by Gasteiger charge is -2.16. The Morgan fingerprint density at radius 2 is 1.91 bits per heavy atom. The Hall–Kier alpha value is -4.42. The fourth-order valence-electron chi connectivity index (χ4n) is 5.26. The highest BCUT2D eigenvalue weighted by molar-refractivity contribution is 6.35. The Balaban J connectivity index is 1.30. The van der Waals surface area contributed by atoms with Gasteiger partial charge < -0.3 is 30.7 Å². The molecule has 4 N–H and O–H groups in total. The van der Waals surface area contributed by atoms with Crippen molar-refractivity contribution in [1.82, 2.24) is 30.9 Å². The molecule has 1 aromatic carbocycles. The molecule has 1 aliphatic rings. The molecule has 4 heterocycles. The van der Waals surface area contributed by atoms with E-state index in [1.54, 1.807) is 32.7 Å². The Bertz CT molecular complexity index is 1680. The standard InChI is InChI=1S/C34H38ClN7O4/c1-21-25(5-4-6-27(21)41-33(44)29-10-7-22(18-39-29)17-36-15-16-45-2)32-31(35)26(13-14-38-32)28-11-8-23(34(42-28)46-3)19-37-20-24-9-12-30(43)40-24/h4-8,10-11,13-14,18,24,36-37H,9,12,15-17,19-20H2,1-3H3,(H,40,43)(H,41,44)/t24-/m0/s1. The third-order valence-corrected chi connectivity index (χ3v) is 8.18. The van der Waals surface area contributed by atoms with E-state index >= 15 is 0 Å². The van der Waals surface area contributed by atoms with E-state index in [0.717, 1.165) is 35.2 Å². The smallest absolute Gasteiger partial charge is 0.274 e. The third kappa shape index (κ3) is 8.04. The predicted octanol–water partition coefficient (Wildman–Crippen LogP) is 4.53. The molecular weight excluding hydrogens is 606 g/mol. The van der Waals surface area contributed by atoms with Gasteiger partial charge in [0.1, 0.15) is 5.69 Å². The van der Waals surface area contributed by atoms with Crippen LogP contribution >= 0.6 is 11.6 Å². The summed E-state index contributed by atoms with van der Waals surface area (Å²) in [6, 6.07) is 15.0. The summed E-state index contributed by atoms with van der Waals surface area (Å²) in [5, 5.41) is 13.0. The fourth-order valence-corrected chi connectivity index (χ4v) is 5.57. The van der Waals surface area contributed by atoms with Gasteiger partial charge in [0.25, 0.3) is 5.91 Å². The number of aromatic nitrogens is 3. The number of anilines is 1. The normalized spacial score (nSPS) is 14.3. The summed E-state index contributed by atoms with van der Waals surface area (Å²) in [4.78, 5) is 38.2. The molecule has 11 nitrogen and oxygen atoms in total. The average molecular weight is 644 g/mol. The molecule has 12 heteroatoms. The number of carbonyl (C=O) groups is 2. The SMILES string of the molecule is COCCNCc1ccc(C(=O)Nc2cccc(-c3nccc(-c4ccc(CNC[C@@H]5CCC(=O)N5)c(OC)n4)c3Cl)c2C)nc1. The number of methoxy groups -OCH3 is 2. The van der Waals surface area contributed by atoms with Crippen molar-refractivity contribution in [3.8, 4) is 28.4 Å². The number of nitrogens with zero attached hydrogens (tertiary/aromatic N) is 3. The lowest BCUT2D eigenvalue weighted by atomic mass is 10.0. The van der Waals surface area contributed by atoms with Gasteiger partial charge in [-0.1, -0.05) is 35.9 Å². The zero-order valence-corrected chi connectivity index (χ0v) is 26.9. The van der Waals surface area contributed by atoms with E-state index in [-0.39, 0.29) is 17.9 Å². The van der Waals surface area contributed by atoms with Gasteiger partial charge in [0.05, 0.1) is 30.1 Å². The Morgan fingerprint density at radius 1 is 1.04 bits per heavy atom. The van der Waals surface area contributed by atoms with Gasteiger partial charge in [-0.25, -0.2) is 4.98 Å². The van der Waals surface area contributed by atoms with Crippen molar-refractivity contribution in [2.24, 2.45) is 0 Å². The first kappa shape index (κ1) is 33.0. The molecule has 4 aromatic rings. The number of halogens is 1. The largest absolute Gasteiger partial charge is 0.481 e. The first-order valence-corrected chi connectivity index (χ1v) is 15.5. The molecule has 0 unspecified atom stereocenters. The van der Waals surface area contributed by atoms with Crippen molar-refractivity contribution < 1.29 is 19.1 Å². The summed E-state index contributed by atoms with van der Waals surface area (Å²) in [6.45, 7) is 5.12. The molecule has 3 aromatic heterocycles. The van der Waals surface area contributed by atoms with Gasteiger partial charge in [0.15, 0.2) is 0 Å². The number of benzene rings is 1. The van der Waals surface area contributed by atoms with Crippen LogP contribution in [0.3, 0.4) is 0 Å². The molecule has 1 aliphatic heterocycles. The molecule has 2 amide bonds. The van der Waals surface area contributed by atoms with Crippen LogP contribution in [0.5, 0.6) is 5.88 Å². The number of ether oxygens (including phenoxy) is 2. The minimum absolute atomic E-state index is 0.0945. The Labute approximate surface area is 273 Å². The van der Waals surface area contributed by atoms with E-state index in [2.05, 4.69) is 31.2 Å². The highest BCUT2D eigenvalue weighted by Crippen LogP contribution is 2.38. The third-order valence-electron chi connectivity index (χ3n) is 7.80. The van der Waals surface area contributed by atoms with Crippen molar-refractivity contribution in [2.45, 2.75) is 38.9 Å². The molecule has 0 bridgehead atoms. The van der Waals surface area contributed by atoms with Crippen molar-refractivity contribution in [2.75, 3.05) is 39.2 Å². The molecule has 240 valence electrons. The van der Waals surface area contributed by atoms with Gasteiger partial charge in [-0.15, -0.1) is 0 Å². The van der Waals surface area contributed by atoms with Crippen molar-refractivity contribution in [3.63, 3.8) is 0 Å². The molecule has 5 rings (SSSR count). The zero-order valence-electron chi connectivity index (χ0n) is 26.2.